The third-order valence-corrected chi connectivity index (χ3v) is 3.64. The predicted molar refractivity (Wildman–Crippen MR) is 72.5 cm³/mol. The van der Waals surface area contributed by atoms with E-state index in [1.54, 1.807) is 11.3 Å². The molecular formula is C11H13ClN4OS. The third kappa shape index (κ3) is 2.88. The van der Waals surface area contributed by atoms with Crippen molar-refractivity contribution < 1.29 is 4.74 Å². The average molecular weight is 285 g/mol. The van der Waals surface area contributed by atoms with Gasteiger partial charge in [-0.1, -0.05) is 11.6 Å². The first-order valence-electron chi connectivity index (χ1n) is 5.35. The summed E-state index contributed by atoms with van der Waals surface area (Å²) in [6, 6.07) is 0.310. The highest BCUT2D eigenvalue weighted by Crippen LogP contribution is 2.26. The molecule has 0 saturated carbocycles. The summed E-state index contributed by atoms with van der Waals surface area (Å²) in [5.74, 6) is 0.545. The van der Waals surface area contributed by atoms with Crippen molar-refractivity contribution in [3.8, 4) is 6.01 Å². The number of methoxy groups -OCH3 is 1. The van der Waals surface area contributed by atoms with Crippen LogP contribution in [0, 0.1) is 6.92 Å². The van der Waals surface area contributed by atoms with E-state index in [1.165, 1.54) is 18.2 Å². The second-order valence-electron chi connectivity index (χ2n) is 3.73. The molecule has 0 radical (unpaired) electrons. The van der Waals surface area contributed by atoms with Gasteiger partial charge >= 0.3 is 6.01 Å². The molecule has 0 aliphatic carbocycles. The Balaban J connectivity index is 2.18. The summed E-state index contributed by atoms with van der Waals surface area (Å²) in [7, 11) is 1.51. The zero-order valence-electron chi connectivity index (χ0n) is 10.3. The molecule has 1 N–H and O–H groups in total. The molecule has 2 heterocycles. The summed E-state index contributed by atoms with van der Waals surface area (Å²) in [4.78, 5) is 13.6. The van der Waals surface area contributed by atoms with Crippen LogP contribution in [-0.4, -0.2) is 22.1 Å². The molecule has 2 aromatic rings. The van der Waals surface area contributed by atoms with E-state index in [4.69, 9.17) is 16.3 Å². The Morgan fingerprint density at radius 3 is 2.78 bits per heavy atom. The summed E-state index contributed by atoms with van der Waals surface area (Å²) in [6.45, 7) is 4.03. The molecule has 18 heavy (non-hydrogen) atoms. The summed E-state index contributed by atoms with van der Waals surface area (Å²) in [6.07, 6.45) is 3.36. The summed E-state index contributed by atoms with van der Waals surface area (Å²) in [5.41, 5.74) is 0. The number of rotatable bonds is 4. The van der Waals surface area contributed by atoms with Crippen LogP contribution in [0.2, 0.25) is 5.02 Å². The van der Waals surface area contributed by atoms with Gasteiger partial charge in [-0.05, 0) is 13.8 Å². The fraction of sp³-hybridized carbons (Fsp3) is 0.364. The van der Waals surface area contributed by atoms with Gasteiger partial charge in [0.15, 0.2) is 5.82 Å². The molecule has 0 bridgehead atoms. The topological polar surface area (TPSA) is 59.9 Å². The molecule has 2 rings (SSSR count). The van der Waals surface area contributed by atoms with Crippen molar-refractivity contribution >= 4 is 28.8 Å². The molecule has 1 atom stereocenters. The molecule has 0 spiro atoms. The molecule has 0 aliphatic heterocycles. The largest absolute Gasteiger partial charge is 0.467 e. The average Bonchev–Trinajstić information content (AvgIpc) is 2.79. The Morgan fingerprint density at radius 2 is 2.17 bits per heavy atom. The minimum Gasteiger partial charge on any atom is -0.467 e. The first-order chi connectivity index (χ1) is 8.60. The Kier molecular flexibility index (Phi) is 3.98. The van der Waals surface area contributed by atoms with Gasteiger partial charge in [-0.2, -0.15) is 4.98 Å². The number of hydrogen-bond donors (Lipinski definition) is 1. The molecule has 0 aromatic carbocycles. The number of nitrogens with zero attached hydrogens (tertiary/aromatic N) is 3. The van der Waals surface area contributed by atoms with Gasteiger partial charge < -0.3 is 10.1 Å². The fourth-order valence-electron chi connectivity index (χ4n) is 1.39. The van der Waals surface area contributed by atoms with Gasteiger partial charge in [-0.3, -0.25) is 0 Å². The minimum atomic E-state index is 0.0285. The third-order valence-electron chi connectivity index (χ3n) is 2.27. The number of halogens is 1. The van der Waals surface area contributed by atoms with Crippen LogP contribution in [0.15, 0.2) is 12.4 Å². The van der Waals surface area contributed by atoms with E-state index < -0.39 is 0 Å². The summed E-state index contributed by atoms with van der Waals surface area (Å²) < 4.78 is 4.97. The van der Waals surface area contributed by atoms with Gasteiger partial charge in [0.05, 0.1) is 19.3 Å². The Morgan fingerprint density at radius 1 is 1.39 bits per heavy atom. The van der Waals surface area contributed by atoms with Gasteiger partial charge in [-0.25, -0.2) is 9.97 Å². The first-order valence-corrected chi connectivity index (χ1v) is 6.55. The van der Waals surface area contributed by atoms with Gasteiger partial charge in [0.25, 0.3) is 0 Å². The van der Waals surface area contributed by atoms with E-state index >= 15 is 0 Å². The smallest absolute Gasteiger partial charge is 0.318 e. The normalized spacial score (nSPS) is 12.2. The summed E-state index contributed by atoms with van der Waals surface area (Å²) in [5, 5.41) is 4.64. The summed E-state index contributed by atoms with van der Waals surface area (Å²) >= 11 is 7.67. The molecule has 2 aromatic heterocycles. The number of anilines is 1. The molecule has 0 aliphatic rings. The van der Waals surface area contributed by atoms with Gasteiger partial charge in [-0.15, -0.1) is 11.3 Å². The van der Waals surface area contributed by atoms with Gasteiger partial charge in [0, 0.05) is 11.1 Å². The van der Waals surface area contributed by atoms with Crippen LogP contribution in [0.5, 0.6) is 6.01 Å². The van der Waals surface area contributed by atoms with Crippen molar-refractivity contribution in [2.45, 2.75) is 19.9 Å². The zero-order valence-corrected chi connectivity index (χ0v) is 11.8. The van der Waals surface area contributed by atoms with Crippen LogP contribution in [0.3, 0.4) is 0 Å². The van der Waals surface area contributed by atoms with Crippen molar-refractivity contribution in [3.05, 3.63) is 27.3 Å². The lowest BCUT2D eigenvalue weighted by molar-refractivity contribution is 0.380. The van der Waals surface area contributed by atoms with Crippen LogP contribution in [0.4, 0.5) is 5.82 Å². The van der Waals surface area contributed by atoms with Crippen LogP contribution >= 0.6 is 22.9 Å². The molecular weight excluding hydrogens is 272 g/mol. The van der Waals surface area contributed by atoms with E-state index in [2.05, 4.69) is 20.3 Å². The Labute approximate surface area is 114 Å². The first kappa shape index (κ1) is 13.0. The molecule has 5 nitrogen and oxygen atoms in total. The standard InChI is InChI=1S/C11H13ClN4OS/c1-6-4-13-10(18-6)7(2)15-9-8(12)5-14-11(16-9)17-3/h4-5,7H,1-3H3,(H,14,15,16). The van der Waals surface area contributed by atoms with E-state index in [1.807, 2.05) is 20.0 Å². The maximum atomic E-state index is 6.03. The molecule has 0 amide bonds. The molecule has 7 heteroatoms. The van der Waals surface area contributed by atoms with Crippen molar-refractivity contribution in [1.29, 1.82) is 0 Å². The lowest BCUT2D eigenvalue weighted by Gasteiger charge is -2.13. The van der Waals surface area contributed by atoms with Gasteiger partial charge in [0.1, 0.15) is 10.0 Å². The lowest BCUT2D eigenvalue weighted by atomic mass is 10.3. The number of aromatic nitrogens is 3. The molecule has 96 valence electrons. The lowest BCUT2D eigenvalue weighted by Crippen LogP contribution is -2.09. The van der Waals surface area contributed by atoms with E-state index in [9.17, 15) is 0 Å². The van der Waals surface area contributed by atoms with Crippen LogP contribution in [0.25, 0.3) is 0 Å². The SMILES string of the molecule is COc1ncc(Cl)c(NC(C)c2ncc(C)s2)n1. The number of hydrogen-bond acceptors (Lipinski definition) is 6. The maximum Gasteiger partial charge on any atom is 0.318 e. The second-order valence-corrected chi connectivity index (χ2v) is 5.40. The second kappa shape index (κ2) is 5.49. The van der Waals surface area contributed by atoms with Crippen molar-refractivity contribution in [2.75, 3.05) is 12.4 Å². The number of nitrogens with one attached hydrogen (secondary N) is 1. The minimum absolute atomic E-state index is 0.0285. The van der Waals surface area contributed by atoms with Crippen LogP contribution in [-0.2, 0) is 0 Å². The maximum absolute atomic E-state index is 6.03. The Hall–Kier alpha value is -1.40. The highest BCUT2D eigenvalue weighted by Gasteiger charge is 2.13. The monoisotopic (exact) mass is 284 g/mol. The van der Waals surface area contributed by atoms with Crippen molar-refractivity contribution in [2.24, 2.45) is 0 Å². The quantitative estimate of drug-likeness (QED) is 0.935. The molecule has 0 fully saturated rings. The van der Waals surface area contributed by atoms with E-state index in [0.717, 1.165) is 5.01 Å². The van der Waals surface area contributed by atoms with Crippen LogP contribution < -0.4 is 10.1 Å². The highest BCUT2D eigenvalue weighted by molar-refractivity contribution is 7.11. The highest BCUT2D eigenvalue weighted by atomic mass is 35.5. The van der Waals surface area contributed by atoms with Gasteiger partial charge in [0.2, 0.25) is 0 Å². The molecule has 0 saturated heterocycles. The number of aryl methyl sites for hydroxylation is 1. The molecule has 1 unspecified atom stereocenters. The van der Waals surface area contributed by atoms with Crippen LogP contribution in [0.1, 0.15) is 22.9 Å². The predicted octanol–water partition coefficient (Wildman–Crippen LogP) is 3.08. The van der Waals surface area contributed by atoms with E-state index in [-0.39, 0.29) is 12.1 Å². The number of thiazole rings is 1. The number of ether oxygens (including phenoxy) is 1. The zero-order chi connectivity index (χ0) is 13.1. The fourth-order valence-corrected chi connectivity index (χ4v) is 2.31. The van der Waals surface area contributed by atoms with Crippen molar-refractivity contribution in [1.82, 2.24) is 15.0 Å². The van der Waals surface area contributed by atoms with E-state index in [0.29, 0.717) is 10.8 Å². The van der Waals surface area contributed by atoms with Crippen molar-refractivity contribution in [3.63, 3.8) is 0 Å². The Bertz CT molecular complexity index is 546.